The minimum atomic E-state index is -3.46. The highest BCUT2D eigenvalue weighted by atomic mass is 32.2. The van der Waals surface area contributed by atoms with Crippen molar-refractivity contribution in [3.63, 3.8) is 0 Å². The fraction of sp³-hybridized carbons (Fsp3) is 0.889. The highest BCUT2D eigenvalue weighted by Gasteiger charge is 2.22. The quantitative estimate of drug-likeness (QED) is 0.626. The summed E-state index contributed by atoms with van der Waals surface area (Å²) >= 11 is 0. The molecule has 6 nitrogen and oxygen atoms in total. The van der Waals surface area contributed by atoms with Crippen molar-refractivity contribution in [2.75, 3.05) is 20.3 Å². The van der Waals surface area contributed by atoms with E-state index < -0.39 is 10.2 Å². The van der Waals surface area contributed by atoms with Crippen LogP contribution in [-0.2, 0) is 19.7 Å². The van der Waals surface area contributed by atoms with Gasteiger partial charge in [0.2, 0.25) is 0 Å². The largest absolute Gasteiger partial charge is 0.383 e. The predicted molar refractivity (Wildman–Crippen MR) is 59.2 cm³/mol. The number of nitrogens with one attached hydrogen (secondary N) is 2. The summed E-state index contributed by atoms with van der Waals surface area (Å²) in [6, 6.07) is -0.127. The third kappa shape index (κ3) is 5.02. The number of ether oxygens (including phenoxy) is 1. The average molecular weight is 250 g/mol. The van der Waals surface area contributed by atoms with Gasteiger partial charge >= 0.3 is 0 Å². The monoisotopic (exact) mass is 250 g/mol. The summed E-state index contributed by atoms with van der Waals surface area (Å²) in [6.07, 6.45) is 2.10. The second kappa shape index (κ2) is 6.29. The first-order valence-electron chi connectivity index (χ1n) is 5.31. The van der Waals surface area contributed by atoms with Crippen LogP contribution in [0, 0.1) is 0 Å². The smallest absolute Gasteiger partial charge is 0.277 e. The number of hydrogen-bond donors (Lipinski definition) is 2. The number of carbonyl (C=O) groups excluding carboxylic acids is 1. The summed E-state index contributed by atoms with van der Waals surface area (Å²) in [5.74, 6) is 0.211. The van der Waals surface area contributed by atoms with Crippen LogP contribution in [0.5, 0.6) is 0 Å². The normalized spacial score (nSPS) is 18.9. The summed E-state index contributed by atoms with van der Waals surface area (Å²) in [7, 11) is -1.95. The second-order valence-corrected chi connectivity index (χ2v) is 5.35. The van der Waals surface area contributed by atoms with Crippen molar-refractivity contribution in [3.8, 4) is 0 Å². The van der Waals surface area contributed by atoms with E-state index in [1.165, 1.54) is 7.11 Å². The van der Waals surface area contributed by atoms with E-state index in [1.54, 1.807) is 0 Å². The Morgan fingerprint density at radius 2 is 2.00 bits per heavy atom. The molecule has 1 aliphatic carbocycles. The molecule has 1 aliphatic rings. The molecule has 0 aliphatic heterocycles. The maximum atomic E-state index is 11.5. The molecule has 94 valence electrons. The van der Waals surface area contributed by atoms with Crippen molar-refractivity contribution < 1.29 is 17.9 Å². The lowest BCUT2D eigenvalue weighted by atomic mass is 9.95. The molecule has 0 heterocycles. The predicted octanol–water partition coefficient (Wildman–Crippen LogP) is -0.431. The molecule has 0 saturated heterocycles. The molecular weight excluding hydrogens is 232 g/mol. The van der Waals surface area contributed by atoms with Crippen molar-refractivity contribution in [3.05, 3.63) is 0 Å². The van der Waals surface area contributed by atoms with Crippen LogP contribution >= 0.6 is 0 Å². The van der Waals surface area contributed by atoms with Crippen LogP contribution in [-0.4, -0.2) is 40.5 Å². The van der Waals surface area contributed by atoms with Gasteiger partial charge in [-0.1, -0.05) is 0 Å². The Hall–Kier alpha value is -0.500. The third-order valence-electron chi connectivity index (χ3n) is 2.46. The minimum Gasteiger partial charge on any atom is -0.383 e. The van der Waals surface area contributed by atoms with Crippen LogP contribution in [0.2, 0.25) is 0 Å². The Bertz CT molecular complexity index is 318. The molecule has 0 bridgehead atoms. The highest BCUT2D eigenvalue weighted by Crippen LogP contribution is 2.15. The first kappa shape index (κ1) is 13.6. The van der Waals surface area contributed by atoms with Gasteiger partial charge in [0.25, 0.3) is 10.2 Å². The van der Waals surface area contributed by atoms with Gasteiger partial charge in [-0.15, -0.1) is 0 Å². The average Bonchev–Trinajstić information content (AvgIpc) is 2.21. The Kier molecular flexibility index (Phi) is 5.33. The molecule has 0 aromatic carbocycles. The molecule has 0 unspecified atom stereocenters. The zero-order valence-corrected chi connectivity index (χ0v) is 10.2. The van der Waals surface area contributed by atoms with E-state index >= 15 is 0 Å². The first-order chi connectivity index (χ1) is 7.53. The number of ketones is 1. The van der Waals surface area contributed by atoms with Gasteiger partial charge in [0, 0.05) is 32.5 Å². The van der Waals surface area contributed by atoms with Crippen molar-refractivity contribution in [2.45, 2.75) is 31.7 Å². The Balaban J connectivity index is 2.32. The highest BCUT2D eigenvalue weighted by molar-refractivity contribution is 7.87. The lowest BCUT2D eigenvalue weighted by Gasteiger charge is -2.22. The zero-order chi connectivity index (χ0) is 12.0. The number of methoxy groups -OCH3 is 1. The summed E-state index contributed by atoms with van der Waals surface area (Å²) in [5.41, 5.74) is 0. The van der Waals surface area contributed by atoms with Crippen molar-refractivity contribution in [1.29, 1.82) is 0 Å². The van der Waals surface area contributed by atoms with E-state index in [0.717, 1.165) is 0 Å². The summed E-state index contributed by atoms with van der Waals surface area (Å²) in [5, 5.41) is 0. The maximum absolute atomic E-state index is 11.5. The van der Waals surface area contributed by atoms with Crippen molar-refractivity contribution in [2.24, 2.45) is 0 Å². The van der Waals surface area contributed by atoms with Crippen LogP contribution in [0.3, 0.4) is 0 Å². The second-order valence-electron chi connectivity index (χ2n) is 3.82. The van der Waals surface area contributed by atoms with Gasteiger partial charge in [-0.05, 0) is 12.8 Å². The molecule has 0 aromatic heterocycles. The number of Topliss-reactive ketones (excluding diaryl/α,β-unsaturated/α-hetero) is 1. The van der Waals surface area contributed by atoms with Crippen LogP contribution in [0.15, 0.2) is 0 Å². The summed E-state index contributed by atoms with van der Waals surface area (Å²) in [6.45, 7) is 0.585. The van der Waals surface area contributed by atoms with E-state index in [4.69, 9.17) is 4.74 Å². The van der Waals surface area contributed by atoms with Crippen molar-refractivity contribution in [1.82, 2.24) is 9.44 Å². The molecular formula is C9H18N2O4S. The summed E-state index contributed by atoms with van der Waals surface area (Å²) < 4.78 is 32.6. The van der Waals surface area contributed by atoms with Crippen LogP contribution in [0.1, 0.15) is 25.7 Å². The Morgan fingerprint density at radius 3 is 2.56 bits per heavy atom. The van der Waals surface area contributed by atoms with Crippen LogP contribution in [0.25, 0.3) is 0 Å². The Morgan fingerprint density at radius 1 is 1.38 bits per heavy atom. The van der Waals surface area contributed by atoms with Crippen molar-refractivity contribution >= 4 is 16.0 Å². The molecule has 0 amide bonds. The van der Waals surface area contributed by atoms with E-state index in [2.05, 4.69) is 9.44 Å². The van der Waals surface area contributed by atoms with Gasteiger partial charge in [0.1, 0.15) is 5.78 Å². The van der Waals surface area contributed by atoms with Crippen LogP contribution < -0.4 is 9.44 Å². The standard InChI is InChI=1S/C9H18N2O4S/c1-15-7-6-10-16(13,14)11-8-2-4-9(12)5-3-8/h8,10-11H,2-7H2,1H3. The minimum absolute atomic E-state index is 0.127. The zero-order valence-electron chi connectivity index (χ0n) is 9.36. The van der Waals surface area contributed by atoms with E-state index in [9.17, 15) is 13.2 Å². The molecule has 0 atom stereocenters. The summed E-state index contributed by atoms with van der Waals surface area (Å²) in [4.78, 5) is 11.0. The van der Waals surface area contributed by atoms with Gasteiger partial charge < -0.3 is 4.74 Å². The maximum Gasteiger partial charge on any atom is 0.277 e. The van der Waals surface area contributed by atoms with E-state index in [-0.39, 0.29) is 18.4 Å². The lowest BCUT2D eigenvalue weighted by molar-refractivity contribution is -0.120. The topological polar surface area (TPSA) is 84.5 Å². The fourth-order valence-electron chi connectivity index (χ4n) is 1.60. The molecule has 0 radical (unpaired) electrons. The molecule has 2 N–H and O–H groups in total. The van der Waals surface area contributed by atoms with Gasteiger partial charge in [0.05, 0.1) is 6.61 Å². The van der Waals surface area contributed by atoms with Crippen LogP contribution in [0.4, 0.5) is 0 Å². The van der Waals surface area contributed by atoms with E-state index in [1.807, 2.05) is 0 Å². The number of carbonyl (C=O) groups is 1. The molecule has 1 saturated carbocycles. The molecule has 7 heteroatoms. The van der Waals surface area contributed by atoms with Gasteiger partial charge in [0.15, 0.2) is 0 Å². The third-order valence-corrected chi connectivity index (χ3v) is 3.69. The SMILES string of the molecule is COCCNS(=O)(=O)NC1CCC(=O)CC1. The Labute approximate surface area is 95.9 Å². The van der Waals surface area contributed by atoms with E-state index in [0.29, 0.717) is 32.3 Å². The lowest BCUT2D eigenvalue weighted by Crippen LogP contribution is -2.45. The fourth-order valence-corrected chi connectivity index (χ4v) is 2.71. The molecule has 1 fully saturated rings. The number of hydrogen-bond acceptors (Lipinski definition) is 4. The number of rotatable bonds is 6. The molecule has 0 spiro atoms. The van der Waals surface area contributed by atoms with Gasteiger partial charge in [-0.25, -0.2) is 0 Å². The van der Waals surface area contributed by atoms with Gasteiger partial charge in [-0.2, -0.15) is 17.9 Å². The molecule has 1 rings (SSSR count). The first-order valence-corrected chi connectivity index (χ1v) is 6.79. The van der Waals surface area contributed by atoms with Gasteiger partial charge in [-0.3, -0.25) is 4.79 Å². The molecule has 16 heavy (non-hydrogen) atoms. The molecule has 0 aromatic rings.